The van der Waals surface area contributed by atoms with Gasteiger partial charge in [0, 0.05) is 31.4 Å². The van der Waals surface area contributed by atoms with Crippen molar-refractivity contribution in [3.63, 3.8) is 0 Å². The maximum atomic E-state index is 11.9. The maximum absolute atomic E-state index is 11.9. The van der Waals surface area contributed by atoms with E-state index in [1.54, 1.807) is 6.20 Å². The molecule has 5 nitrogen and oxygen atoms in total. The Labute approximate surface area is 120 Å². The average Bonchev–Trinajstić information content (AvgIpc) is 2.90. The Morgan fingerprint density at radius 2 is 2.26 bits per heavy atom. The number of aromatic nitrogens is 2. The summed E-state index contributed by atoms with van der Waals surface area (Å²) in [7, 11) is 0. The number of piperidine rings is 1. The number of hydrogen-bond acceptors (Lipinski definition) is 3. The molecule has 1 aliphatic rings. The minimum absolute atomic E-state index is 0. The van der Waals surface area contributed by atoms with E-state index in [-0.39, 0.29) is 24.2 Å². The lowest BCUT2D eigenvalue weighted by atomic mass is 9.97. The first-order valence-corrected chi connectivity index (χ1v) is 6.71. The van der Waals surface area contributed by atoms with Gasteiger partial charge in [-0.2, -0.15) is 5.10 Å². The summed E-state index contributed by atoms with van der Waals surface area (Å²) in [5.74, 6) is 0.808. The molecule has 0 bridgehead atoms. The number of rotatable bonds is 5. The van der Waals surface area contributed by atoms with Gasteiger partial charge in [0.25, 0.3) is 0 Å². The number of nitrogens with one attached hydrogen (secondary N) is 2. The monoisotopic (exact) mass is 286 g/mol. The molecule has 1 aliphatic heterocycles. The standard InChI is InChI=1S/C13H22N4O.ClH/c1-11(10-17-8-2-5-16-17)9-15-13(18)12-3-6-14-7-4-12;/h2,5,8,11-12,14H,3-4,6-7,9-10H2,1H3,(H,15,18);1H. The Bertz CT molecular complexity index is 363. The van der Waals surface area contributed by atoms with E-state index in [2.05, 4.69) is 22.7 Å². The lowest BCUT2D eigenvalue weighted by molar-refractivity contribution is -0.125. The van der Waals surface area contributed by atoms with E-state index in [4.69, 9.17) is 0 Å². The fourth-order valence-corrected chi connectivity index (χ4v) is 2.30. The van der Waals surface area contributed by atoms with Crippen LogP contribution in [0, 0.1) is 11.8 Å². The van der Waals surface area contributed by atoms with Crippen LogP contribution in [0.3, 0.4) is 0 Å². The van der Waals surface area contributed by atoms with Crippen LogP contribution >= 0.6 is 12.4 Å². The Morgan fingerprint density at radius 3 is 2.89 bits per heavy atom. The predicted octanol–water partition coefficient (Wildman–Crippen LogP) is 1.06. The quantitative estimate of drug-likeness (QED) is 0.851. The molecule has 1 atom stereocenters. The zero-order valence-electron chi connectivity index (χ0n) is 11.3. The molecule has 0 aromatic carbocycles. The molecule has 2 N–H and O–H groups in total. The van der Waals surface area contributed by atoms with Gasteiger partial charge in [0.2, 0.25) is 5.91 Å². The van der Waals surface area contributed by atoms with Crippen molar-refractivity contribution in [3.8, 4) is 0 Å². The van der Waals surface area contributed by atoms with E-state index >= 15 is 0 Å². The Morgan fingerprint density at radius 1 is 1.53 bits per heavy atom. The first kappa shape index (κ1) is 16.0. The van der Waals surface area contributed by atoms with Gasteiger partial charge < -0.3 is 10.6 Å². The molecular weight excluding hydrogens is 264 g/mol. The van der Waals surface area contributed by atoms with Crippen molar-refractivity contribution < 1.29 is 4.79 Å². The third-order valence-corrected chi connectivity index (χ3v) is 3.39. The highest BCUT2D eigenvalue weighted by Gasteiger charge is 2.20. The molecule has 6 heteroatoms. The lowest BCUT2D eigenvalue weighted by Crippen LogP contribution is -2.40. The van der Waals surface area contributed by atoms with Gasteiger partial charge in [-0.3, -0.25) is 9.48 Å². The van der Waals surface area contributed by atoms with Gasteiger partial charge in [-0.05, 0) is 37.9 Å². The first-order chi connectivity index (χ1) is 8.75. The van der Waals surface area contributed by atoms with Gasteiger partial charge in [-0.1, -0.05) is 6.92 Å². The van der Waals surface area contributed by atoms with Crippen LogP contribution in [-0.4, -0.2) is 35.3 Å². The van der Waals surface area contributed by atoms with Crippen LogP contribution in [0.2, 0.25) is 0 Å². The third kappa shape index (κ3) is 5.20. The summed E-state index contributed by atoms with van der Waals surface area (Å²) in [5, 5.41) is 10.5. The zero-order valence-corrected chi connectivity index (χ0v) is 12.2. The van der Waals surface area contributed by atoms with Gasteiger partial charge in [0.05, 0.1) is 0 Å². The number of amides is 1. The van der Waals surface area contributed by atoms with E-state index in [0.717, 1.165) is 39.0 Å². The smallest absolute Gasteiger partial charge is 0.223 e. The molecule has 1 fully saturated rings. The van der Waals surface area contributed by atoms with Crippen molar-refractivity contribution in [1.29, 1.82) is 0 Å². The van der Waals surface area contributed by atoms with E-state index < -0.39 is 0 Å². The summed E-state index contributed by atoms with van der Waals surface area (Å²) < 4.78 is 1.90. The van der Waals surface area contributed by atoms with Gasteiger partial charge in [0.1, 0.15) is 0 Å². The summed E-state index contributed by atoms with van der Waals surface area (Å²) in [5.41, 5.74) is 0. The van der Waals surface area contributed by atoms with E-state index in [0.29, 0.717) is 5.92 Å². The zero-order chi connectivity index (χ0) is 12.8. The summed E-state index contributed by atoms with van der Waals surface area (Å²) in [4.78, 5) is 11.9. The number of hydrogen-bond donors (Lipinski definition) is 2. The van der Waals surface area contributed by atoms with Crippen LogP contribution in [0.4, 0.5) is 0 Å². The minimum atomic E-state index is 0. The first-order valence-electron chi connectivity index (χ1n) is 6.71. The number of nitrogens with zero attached hydrogens (tertiary/aromatic N) is 2. The second-order valence-electron chi connectivity index (χ2n) is 5.10. The predicted molar refractivity (Wildman–Crippen MR) is 77.2 cm³/mol. The lowest BCUT2D eigenvalue weighted by Gasteiger charge is -2.22. The molecule has 1 aromatic rings. The van der Waals surface area contributed by atoms with E-state index in [1.807, 2.05) is 16.9 Å². The molecule has 2 rings (SSSR count). The highest BCUT2D eigenvalue weighted by molar-refractivity contribution is 5.85. The molecule has 0 aliphatic carbocycles. The number of halogens is 1. The molecule has 1 amide bonds. The molecule has 0 spiro atoms. The molecule has 1 unspecified atom stereocenters. The van der Waals surface area contributed by atoms with Gasteiger partial charge in [-0.15, -0.1) is 12.4 Å². The summed E-state index contributed by atoms with van der Waals surface area (Å²) >= 11 is 0. The molecule has 0 radical (unpaired) electrons. The van der Waals surface area contributed by atoms with E-state index in [9.17, 15) is 4.79 Å². The van der Waals surface area contributed by atoms with Gasteiger partial charge in [-0.25, -0.2) is 0 Å². The number of carbonyl (C=O) groups excluding carboxylic acids is 1. The summed E-state index contributed by atoms with van der Waals surface area (Å²) in [6.45, 7) is 5.62. The van der Waals surface area contributed by atoms with Crippen molar-refractivity contribution in [1.82, 2.24) is 20.4 Å². The third-order valence-electron chi connectivity index (χ3n) is 3.39. The Kier molecular flexibility index (Phi) is 6.87. The second-order valence-corrected chi connectivity index (χ2v) is 5.10. The SMILES string of the molecule is CC(CNC(=O)C1CCNCC1)Cn1cccn1.Cl. The molecule has 19 heavy (non-hydrogen) atoms. The maximum Gasteiger partial charge on any atom is 0.223 e. The fourth-order valence-electron chi connectivity index (χ4n) is 2.30. The molecular formula is C13H23ClN4O. The summed E-state index contributed by atoms with van der Waals surface area (Å²) in [6.07, 6.45) is 5.64. The molecule has 108 valence electrons. The van der Waals surface area contributed by atoms with Gasteiger partial charge >= 0.3 is 0 Å². The average molecular weight is 287 g/mol. The van der Waals surface area contributed by atoms with Crippen LogP contribution in [0.1, 0.15) is 19.8 Å². The van der Waals surface area contributed by atoms with Crippen LogP contribution < -0.4 is 10.6 Å². The van der Waals surface area contributed by atoms with Gasteiger partial charge in [0.15, 0.2) is 0 Å². The van der Waals surface area contributed by atoms with Crippen LogP contribution in [0.5, 0.6) is 0 Å². The largest absolute Gasteiger partial charge is 0.356 e. The highest BCUT2D eigenvalue weighted by Crippen LogP contribution is 2.11. The molecule has 1 saturated heterocycles. The van der Waals surface area contributed by atoms with Crippen molar-refractivity contribution in [2.24, 2.45) is 11.8 Å². The molecule has 1 aromatic heterocycles. The normalized spacial score (nSPS) is 17.5. The fraction of sp³-hybridized carbons (Fsp3) is 0.692. The van der Waals surface area contributed by atoms with E-state index in [1.165, 1.54) is 0 Å². The Balaban J connectivity index is 0.00000180. The van der Waals surface area contributed by atoms with Crippen LogP contribution in [-0.2, 0) is 11.3 Å². The topological polar surface area (TPSA) is 59.0 Å². The number of carbonyl (C=O) groups is 1. The Hall–Kier alpha value is -1.07. The minimum Gasteiger partial charge on any atom is -0.356 e. The molecule has 0 saturated carbocycles. The van der Waals surface area contributed by atoms with Crippen molar-refractivity contribution in [3.05, 3.63) is 18.5 Å². The molecule has 2 heterocycles. The summed E-state index contributed by atoms with van der Waals surface area (Å²) in [6, 6.07) is 1.92. The van der Waals surface area contributed by atoms with Crippen LogP contribution in [0.15, 0.2) is 18.5 Å². The van der Waals surface area contributed by atoms with Crippen molar-refractivity contribution >= 4 is 18.3 Å². The van der Waals surface area contributed by atoms with Crippen molar-refractivity contribution in [2.45, 2.75) is 26.3 Å². The second kappa shape index (κ2) is 8.17. The van der Waals surface area contributed by atoms with Crippen molar-refractivity contribution in [2.75, 3.05) is 19.6 Å². The van der Waals surface area contributed by atoms with Crippen LogP contribution in [0.25, 0.3) is 0 Å². The highest BCUT2D eigenvalue weighted by atomic mass is 35.5.